The molecule has 26 heavy (non-hydrogen) atoms. The second-order valence-corrected chi connectivity index (χ2v) is 6.77. The first kappa shape index (κ1) is 19.9. The molecule has 0 aliphatic rings. The Hall–Kier alpha value is -2.41. The molecule has 0 spiro atoms. The summed E-state index contributed by atoms with van der Waals surface area (Å²) in [7, 11) is 0. The number of benzene rings is 1. The number of rotatable bonds is 8. The molecule has 1 heterocycles. The summed E-state index contributed by atoms with van der Waals surface area (Å²) in [5.41, 5.74) is 6.01. The molecule has 1 amide bonds. The van der Waals surface area contributed by atoms with Gasteiger partial charge in [0.25, 0.3) is 5.91 Å². The molecule has 0 atom stereocenters. The van der Waals surface area contributed by atoms with E-state index in [-0.39, 0.29) is 11.7 Å². The fourth-order valence-electron chi connectivity index (χ4n) is 2.14. The zero-order chi connectivity index (χ0) is 18.9. The minimum Gasteiger partial charge on any atom is -0.494 e. The summed E-state index contributed by atoms with van der Waals surface area (Å²) < 4.78 is 5.55. The molecule has 0 saturated carbocycles. The van der Waals surface area contributed by atoms with E-state index in [4.69, 9.17) is 4.74 Å². The zero-order valence-corrected chi connectivity index (χ0v) is 16.4. The Morgan fingerprint density at radius 3 is 2.46 bits per heavy atom. The van der Waals surface area contributed by atoms with Gasteiger partial charge in [0.05, 0.1) is 18.1 Å². The number of carbonyl (C=O) groups is 1. The van der Waals surface area contributed by atoms with Crippen molar-refractivity contribution in [2.75, 3.05) is 12.4 Å². The van der Waals surface area contributed by atoms with E-state index in [9.17, 15) is 4.79 Å². The molecule has 1 N–H and O–H groups in total. The van der Waals surface area contributed by atoms with Crippen LogP contribution in [0.25, 0.3) is 0 Å². The highest BCUT2D eigenvalue weighted by molar-refractivity contribution is 7.99. The van der Waals surface area contributed by atoms with Crippen LogP contribution in [0.2, 0.25) is 0 Å². The largest absolute Gasteiger partial charge is 0.494 e. The number of amides is 1. The standard InChI is InChI=1S/C19H24N4O2S/c1-5-10-25-17-8-6-16(7-9-17)15(4)22-23-18(24)12-26-19-20-13(2)11-14(3)21-19/h6-9,11H,5,10,12H2,1-4H3,(H,23,24)/b22-15+. The van der Waals surface area contributed by atoms with E-state index < -0.39 is 0 Å². The third-order valence-electron chi connectivity index (χ3n) is 3.39. The number of hydrazone groups is 1. The first-order valence-electron chi connectivity index (χ1n) is 8.49. The quantitative estimate of drug-likeness (QED) is 0.332. The molecular weight excluding hydrogens is 348 g/mol. The van der Waals surface area contributed by atoms with Gasteiger partial charge in [0, 0.05) is 11.4 Å². The van der Waals surface area contributed by atoms with Crippen LogP contribution in [0.15, 0.2) is 40.6 Å². The summed E-state index contributed by atoms with van der Waals surface area (Å²) >= 11 is 1.29. The Labute approximate surface area is 158 Å². The maximum Gasteiger partial charge on any atom is 0.250 e. The molecule has 0 aliphatic carbocycles. The van der Waals surface area contributed by atoms with Crippen molar-refractivity contribution in [3.8, 4) is 5.75 Å². The van der Waals surface area contributed by atoms with Gasteiger partial charge in [0.15, 0.2) is 5.16 Å². The van der Waals surface area contributed by atoms with Crippen LogP contribution in [0.5, 0.6) is 5.75 Å². The maximum absolute atomic E-state index is 12.0. The molecule has 0 bridgehead atoms. The molecule has 0 unspecified atom stereocenters. The molecular formula is C19H24N4O2S. The fourth-order valence-corrected chi connectivity index (χ4v) is 2.89. The van der Waals surface area contributed by atoms with Crippen LogP contribution >= 0.6 is 11.8 Å². The molecule has 1 aromatic carbocycles. The minimum absolute atomic E-state index is 0.194. The smallest absolute Gasteiger partial charge is 0.250 e. The Bertz CT molecular complexity index is 755. The number of aryl methyl sites for hydroxylation is 2. The van der Waals surface area contributed by atoms with Crippen molar-refractivity contribution in [2.24, 2.45) is 5.10 Å². The highest BCUT2D eigenvalue weighted by Crippen LogP contribution is 2.14. The second kappa shape index (κ2) is 9.91. The summed E-state index contributed by atoms with van der Waals surface area (Å²) in [5.74, 6) is 0.848. The second-order valence-electron chi connectivity index (χ2n) is 5.83. The number of hydrogen-bond donors (Lipinski definition) is 1. The molecule has 6 nitrogen and oxygen atoms in total. The van der Waals surface area contributed by atoms with E-state index >= 15 is 0 Å². The summed E-state index contributed by atoms with van der Waals surface area (Å²) in [6.07, 6.45) is 0.972. The average Bonchev–Trinajstić information content (AvgIpc) is 2.62. The van der Waals surface area contributed by atoms with Gasteiger partial charge in [-0.3, -0.25) is 4.79 Å². The number of carbonyl (C=O) groups excluding carboxylic acids is 1. The lowest BCUT2D eigenvalue weighted by Crippen LogP contribution is -2.21. The van der Waals surface area contributed by atoms with Crippen LogP contribution in [0.1, 0.15) is 37.2 Å². The topological polar surface area (TPSA) is 76.5 Å². The van der Waals surface area contributed by atoms with E-state index in [0.717, 1.165) is 34.8 Å². The highest BCUT2D eigenvalue weighted by atomic mass is 32.2. The normalized spacial score (nSPS) is 11.3. The van der Waals surface area contributed by atoms with Crippen molar-refractivity contribution in [3.63, 3.8) is 0 Å². The lowest BCUT2D eigenvalue weighted by atomic mass is 10.1. The van der Waals surface area contributed by atoms with Crippen LogP contribution in [0.4, 0.5) is 0 Å². The lowest BCUT2D eigenvalue weighted by molar-refractivity contribution is -0.118. The summed E-state index contributed by atoms with van der Waals surface area (Å²) in [5, 5.41) is 4.75. The van der Waals surface area contributed by atoms with Gasteiger partial charge in [-0.05, 0) is 63.1 Å². The van der Waals surface area contributed by atoms with Crippen molar-refractivity contribution in [1.29, 1.82) is 0 Å². The Morgan fingerprint density at radius 2 is 1.85 bits per heavy atom. The predicted molar refractivity (Wildman–Crippen MR) is 105 cm³/mol. The number of thioether (sulfide) groups is 1. The molecule has 0 radical (unpaired) electrons. The van der Waals surface area contributed by atoms with Gasteiger partial charge in [-0.2, -0.15) is 5.10 Å². The average molecular weight is 372 g/mol. The first-order chi connectivity index (χ1) is 12.5. The summed E-state index contributed by atoms with van der Waals surface area (Å²) in [6.45, 7) is 8.43. The van der Waals surface area contributed by atoms with Gasteiger partial charge in [-0.1, -0.05) is 18.7 Å². The fraction of sp³-hybridized carbons (Fsp3) is 0.368. The van der Waals surface area contributed by atoms with E-state index in [2.05, 4.69) is 27.4 Å². The SMILES string of the molecule is CCCOc1ccc(/C(C)=N/NC(=O)CSc2nc(C)cc(C)n2)cc1. The van der Waals surface area contributed by atoms with Gasteiger partial charge in [-0.25, -0.2) is 15.4 Å². The number of aromatic nitrogens is 2. The first-order valence-corrected chi connectivity index (χ1v) is 9.48. The summed E-state index contributed by atoms with van der Waals surface area (Å²) in [4.78, 5) is 20.6. The maximum atomic E-state index is 12.0. The molecule has 2 rings (SSSR count). The summed E-state index contributed by atoms with van der Waals surface area (Å²) in [6, 6.07) is 9.55. The van der Waals surface area contributed by atoms with E-state index in [1.54, 1.807) is 0 Å². The molecule has 0 aliphatic heterocycles. The van der Waals surface area contributed by atoms with Gasteiger partial charge in [-0.15, -0.1) is 0 Å². The third-order valence-corrected chi connectivity index (χ3v) is 4.23. The van der Waals surface area contributed by atoms with Gasteiger partial charge < -0.3 is 4.74 Å². The molecule has 138 valence electrons. The monoisotopic (exact) mass is 372 g/mol. The molecule has 1 aromatic heterocycles. The van der Waals surface area contributed by atoms with Crippen molar-refractivity contribution in [3.05, 3.63) is 47.3 Å². The number of nitrogens with zero attached hydrogens (tertiary/aromatic N) is 3. The minimum atomic E-state index is -0.194. The number of hydrogen-bond acceptors (Lipinski definition) is 6. The molecule has 0 fully saturated rings. The Morgan fingerprint density at radius 1 is 1.19 bits per heavy atom. The van der Waals surface area contributed by atoms with Gasteiger partial charge >= 0.3 is 0 Å². The van der Waals surface area contributed by atoms with Crippen LogP contribution in [-0.2, 0) is 4.79 Å². The van der Waals surface area contributed by atoms with E-state index in [0.29, 0.717) is 11.8 Å². The Balaban J connectivity index is 1.86. The van der Waals surface area contributed by atoms with Crippen molar-refractivity contribution < 1.29 is 9.53 Å². The van der Waals surface area contributed by atoms with Crippen LogP contribution in [0, 0.1) is 13.8 Å². The van der Waals surface area contributed by atoms with Crippen LogP contribution in [-0.4, -0.2) is 33.9 Å². The number of ether oxygens (including phenoxy) is 1. The van der Waals surface area contributed by atoms with Crippen LogP contribution < -0.4 is 10.2 Å². The lowest BCUT2D eigenvalue weighted by Gasteiger charge is -2.06. The van der Waals surface area contributed by atoms with Crippen molar-refractivity contribution >= 4 is 23.4 Å². The van der Waals surface area contributed by atoms with Crippen molar-refractivity contribution in [2.45, 2.75) is 39.3 Å². The molecule has 2 aromatic rings. The van der Waals surface area contributed by atoms with E-state index in [1.807, 2.05) is 51.1 Å². The third kappa shape index (κ3) is 6.48. The van der Waals surface area contributed by atoms with Crippen LogP contribution in [0.3, 0.4) is 0 Å². The number of nitrogens with one attached hydrogen (secondary N) is 1. The zero-order valence-electron chi connectivity index (χ0n) is 15.6. The molecule has 0 saturated heterocycles. The Kier molecular flexibility index (Phi) is 7.59. The molecule has 7 heteroatoms. The van der Waals surface area contributed by atoms with Gasteiger partial charge in [0.1, 0.15) is 5.75 Å². The highest BCUT2D eigenvalue weighted by Gasteiger charge is 2.06. The van der Waals surface area contributed by atoms with Gasteiger partial charge in [0.2, 0.25) is 0 Å². The predicted octanol–water partition coefficient (Wildman–Crippen LogP) is 3.51. The van der Waals surface area contributed by atoms with E-state index in [1.165, 1.54) is 11.8 Å². The van der Waals surface area contributed by atoms with Crippen molar-refractivity contribution in [1.82, 2.24) is 15.4 Å².